The Kier molecular flexibility index (Phi) is 6.39. The number of carbonyl (C=O) groups excluding carboxylic acids is 2. The van der Waals surface area contributed by atoms with E-state index in [9.17, 15) is 9.59 Å². The Morgan fingerprint density at radius 1 is 1.10 bits per heavy atom. The molecule has 3 rings (SSSR count). The number of carbonyl (C=O) groups is 2. The molecule has 0 bridgehead atoms. The molecule has 0 saturated heterocycles. The summed E-state index contributed by atoms with van der Waals surface area (Å²) >= 11 is 0. The fourth-order valence-electron chi connectivity index (χ4n) is 4.03. The van der Waals surface area contributed by atoms with E-state index < -0.39 is 5.97 Å². The number of ether oxygens (including phenoxy) is 2. The molecule has 1 aromatic heterocycles. The second kappa shape index (κ2) is 8.84. The summed E-state index contributed by atoms with van der Waals surface area (Å²) in [4.78, 5) is 27.4. The first kappa shape index (κ1) is 22.4. The maximum atomic E-state index is 13.2. The topological polar surface area (TPSA) is 60.8 Å². The van der Waals surface area contributed by atoms with Gasteiger partial charge in [0.15, 0.2) is 0 Å². The van der Waals surface area contributed by atoms with Crippen molar-refractivity contribution in [3.8, 4) is 11.4 Å². The molecule has 2 aromatic rings. The van der Waals surface area contributed by atoms with Gasteiger partial charge in [-0.05, 0) is 68.7 Å². The summed E-state index contributed by atoms with van der Waals surface area (Å²) in [6, 6.07) is 9.83. The number of amides is 1. The molecule has 2 heterocycles. The quantitative estimate of drug-likeness (QED) is 0.510. The molecule has 164 valence electrons. The zero-order chi connectivity index (χ0) is 22.9. The van der Waals surface area contributed by atoms with Crippen LogP contribution < -0.4 is 4.74 Å². The summed E-state index contributed by atoms with van der Waals surface area (Å²) < 4.78 is 12.4. The van der Waals surface area contributed by atoms with Crippen molar-refractivity contribution in [1.29, 1.82) is 0 Å². The van der Waals surface area contributed by atoms with E-state index in [0.717, 1.165) is 28.4 Å². The molecule has 0 atom stereocenters. The Hall–Kier alpha value is -3.28. The number of hydrogen-bond acceptors (Lipinski definition) is 4. The SMILES string of the molecule is COC(=O)C1=C(C)N(CC(C)C)C(=O)/C1=C/c1cc(C)n(-c2ccc(OC)cc2)c1C. The van der Waals surface area contributed by atoms with Gasteiger partial charge in [0.05, 0.1) is 25.4 Å². The number of aromatic nitrogens is 1. The van der Waals surface area contributed by atoms with Gasteiger partial charge in [-0.3, -0.25) is 4.79 Å². The molecule has 0 fully saturated rings. The molecule has 1 amide bonds. The number of hydrogen-bond donors (Lipinski definition) is 0. The van der Waals surface area contributed by atoms with Crippen molar-refractivity contribution in [2.45, 2.75) is 34.6 Å². The van der Waals surface area contributed by atoms with Crippen LogP contribution in [0.4, 0.5) is 0 Å². The van der Waals surface area contributed by atoms with E-state index >= 15 is 0 Å². The summed E-state index contributed by atoms with van der Waals surface area (Å²) in [7, 11) is 2.98. The minimum Gasteiger partial charge on any atom is -0.497 e. The highest BCUT2D eigenvalue weighted by Crippen LogP contribution is 2.33. The zero-order valence-electron chi connectivity index (χ0n) is 19.3. The lowest BCUT2D eigenvalue weighted by Gasteiger charge is -2.19. The lowest BCUT2D eigenvalue weighted by atomic mass is 10.0. The standard InChI is InChI=1S/C25H30N2O4/c1-15(2)14-26-18(5)23(25(29)31-7)22(24(26)28)13-19-12-16(3)27(17(19)4)20-8-10-21(30-6)11-9-20/h8-13,15H,14H2,1-7H3/b22-13+. The third-order valence-corrected chi connectivity index (χ3v) is 5.55. The molecule has 0 radical (unpaired) electrons. The van der Waals surface area contributed by atoms with Crippen LogP contribution in [0.2, 0.25) is 0 Å². The fourth-order valence-corrected chi connectivity index (χ4v) is 4.03. The summed E-state index contributed by atoms with van der Waals surface area (Å²) in [6.45, 7) is 10.5. The van der Waals surface area contributed by atoms with Gasteiger partial charge in [-0.2, -0.15) is 0 Å². The normalized spacial score (nSPS) is 15.4. The first-order valence-corrected chi connectivity index (χ1v) is 10.4. The Bertz CT molecular complexity index is 1070. The summed E-state index contributed by atoms with van der Waals surface area (Å²) in [6.07, 6.45) is 1.81. The van der Waals surface area contributed by atoms with Crippen LogP contribution in [0.1, 0.15) is 37.7 Å². The van der Waals surface area contributed by atoms with Gasteiger partial charge in [-0.1, -0.05) is 13.8 Å². The van der Waals surface area contributed by atoms with Gasteiger partial charge in [0, 0.05) is 29.3 Å². The molecule has 0 aliphatic carbocycles. The van der Waals surface area contributed by atoms with Crippen molar-refractivity contribution in [2.75, 3.05) is 20.8 Å². The smallest absolute Gasteiger partial charge is 0.340 e. The van der Waals surface area contributed by atoms with Crippen molar-refractivity contribution < 1.29 is 19.1 Å². The van der Waals surface area contributed by atoms with E-state index in [4.69, 9.17) is 9.47 Å². The number of methoxy groups -OCH3 is 2. The number of aryl methyl sites for hydroxylation is 1. The average Bonchev–Trinajstić information content (AvgIpc) is 3.14. The highest BCUT2D eigenvalue weighted by Gasteiger charge is 2.37. The van der Waals surface area contributed by atoms with Crippen LogP contribution in [0, 0.1) is 19.8 Å². The Morgan fingerprint density at radius 3 is 2.29 bits per heavy atom. The minimum atomic E-state index is -0.493. The van der Waals surface area contributed by atoms with E-state index in [-0.39, 0.29) is 11.8 Å². The monoisotopic (exact) mass is 422 g/mol. The summed E-state index contributed by atoms with van der Waals surface area (Å²) in [5, 5.41) is 0. The van der Waals surface area contributed by atoms with E-state index in [2.05, 4.69) is 4.57 Å². The minimum absolute atomic E-state index is 0.166. The van der Waals surface area contributed by atoms with Crippen LogP contribution in [0.25, 0.3) is 11.8 Å². The molecule has 0 spiro atoms. The van der Waals surface area contributed by atoms with Crippen LogP contribution in [-0.4, -0.2) is 42.1 Å². The fraction of sp³-hybridized carbons (Fsp3) is 0.360. The third kappa shape index (κ3) is 4.15. The van der Waals surface area contributed by atoms with Gasteiger partial charge >= 0.3 is 5.97 Å². The van der Waals surface area contributed by atoms with E-state index in [1.54, 1.807) is 25.0 Å². The van der Waals surface area contributed by atoms with Crippen molar-refractivity contribution in [1.82, 2.24) is 9.47 Å². The van der Waals surface area contributed by atoms with Gasteiger partial charge in [0.1, 0.15) is 5.75 Å². The largest absolute Gasteiger partial charge is 0.497 e. The van der Waals surface area contributed by atoms with Crippen LogP contribution in [-0.2, 0) is 14.3 Å². The van der Waals surface area contributed by atoms with Gasteiger partial charge < -0.3 is 18.9 Å². The van der Waals surface area contributed by atoms with Crippen LogP contribution >= 0.6 is 0 Å². The molecule has 1 aromatic carbocycles. The first-order valence-electron chi connectivity index (χ1n) is 10.4. The van der Waals surface area contributed by atoms with Crippen molar-refractivity contribution in [2.24, 2.45) is 5.92 Å². The van der Waals surface area contributed by atoms with Crippen molar-refractivity contribution >= 4 is 18.0 Å². The average molecular weight is 423 g/mol. The molecule has 0 N–H and O–H groups in total. The predicted octanol–water partition coefficient (Wildman–Crippen LogP) is 4.43. The van der Waals surface area contributed by atoms with Crippen LogP contribution in [0.3, 0.4) is 0 Å². The molecule has 6 nitrogen and oxygen atoms in total. The van der Waals surface area contributed by atoms with Gasteiger partial charge in [0.25, 0.3) is 5.91 Å². The maximum Gasteiger partial charge on any atom is 0.340 e. The van der Waals surface area contributed by atoms with Crippen LogP contribution in [0.5, 0.6) is 5.75 Å². The number of benzene rings is 1. The van der Waals surface area contributed by atoms with Gasteiger partial charge in [0.2, 0.25) is 0 Å². The second-order valence-corrected chi connectivity index (χ2v) is 8.18. The van der Waals surface area contributed by atoms with Crippen molar-refractivity contribution in [3.63, 3.8) is 0 Å². The predicted molar refractivity (Wildman–Crippen MR) is 121 cm³/mol. The highest BCUT2D eigenvalue weighted by atomic mass is 16.5. The molecular formula is C25H30N2O4. The van der Waals surface area contributed by atoms with Crippen LogP contribution in [0.15, 0.2) is 47.2 Å². The second-order valence-electron chi connectivity index (χ2n) is 8.18. The van der Waals surface area contributed by atoms with Gasteiger partial charge in [-0.25, -0.2) is 4.79 Å². The molecule has 0 unspecified atom stereocenters. The molecule has 1 aliphatic rings. The number of rotatable bonds is 6. The Labute approximate surface area is 183 Å². The lowest BCUT2D eigenvalue weighted by molar-refractivity contribution is -0.136. The van der Waals surface area contributed by atoms with E-state index in [1.807, 2.05) is 58.0 Å². The zero-order valence-corrected chi connectivity index (χ0v) is 19.3. The number of nitrogens with zero attached hydrogens (tertiary/aromatic N) is 2. The molecule has 31 heavy (non-hydrogen) atoms. The van der Waals surface area contributed by atoms with E-state index in [0.29, 0.717) is 23.4 Å². The lowest BCUT2D eigenvalue weighted by Crippen LogP contribution is -2.28. The molecular weight excluding hydrogens is 392 g/mol. The summed E-state index contributed by atoms with van der Waals surface area (Å²) in [5.41, 5.74) is 5.24. The summed E-state index contributed by atoms with van der Waals surface area (Å²) in [5.74, 6) is 0.407. The maximum absolute atomic E-state index is 13.2. The van der Waals surface area contributed by atoms with Crippen molar-refractivity contribution in [3.05, 3.63) is 64.1 Å². The molecule has 0 saturated carbocycles. The van der Waals surface area contributed by atoms with E-state index in [1.165, 1.54) is 7.11 Å². The number of allylic oxidation sites excluding steroid dienone is 1. The first-order chi connectivity index (χ1) is 14.7. The van der Waals surface area contributed by atoms with Gasteiger partial charge in [-0.15, -0.1) is 0 Å². The Morgan fingerprint density at radius 2 is 1.74 bits per heavy atom. The highest BCUT2D eigenvalue weighted by molar-refractivity contribution is 6.16. The molecule has 6 heteroatoms. The third-order valence-electron chi connectivity index (χ3n) is 5.55. The Balaban J connectivity index is 2.09. The molecule has 1 aliphatic heterocycles. The number of esters is 1.